The van der Waals surface area contributed by atoms with Crippen molar-refractivity contribution in [3.63, 3.8) is 0 Å². The Balaban J connectivity index is 2.32. The molecule has 0 fully saturated rings. The van der Waals surface area contributed by atoms with Crippen LogP contribution < -0.4 is 5.32 Å². The third kappa shape index (κ3) is 3.17. The lowest BCUT2D eigenvalue weighted by Gasteiger charge is -2.10. The summed E-state index contributed by atoms with van der Waals surface area (Å²) < 4.78 is 0.551. The molecular weight excluding hydrogens is 320 g/mol. The average Bonchev–Trinajstić information content (AvgIpc) is 2.34. The lowest BCUT2D eigenvalue weighted by atomic mass is 10.1. The molecule has 0 aliphatic rings. The molecule has 5 heteroatoms. The van der Waals surface area contributed by atoms with Gasteiger partial charge >= 0.3 is 0 Å². The second-order valence-electron chi connectivity index (χ2n) is 4.74. The Morgan fingerprint density at radius 2 is 1.75 bits per heavy atom. The lowest BCUT2D eigenvalue weighted by molar-refractivity contribution is 0.102. The molecule has 104 valence electrons. The first-order chi connectivity index (χ1) is 9.36. The van der Waals surface area contributed by atoms with E-state index in [1.54, 1.807) is 24.3 Å². The Morgan fingerprint density at radius 3 is 2.35 bits per heavy atom. The smallest absolute Gasteiger partial charge is 0.255 e. The summed E-state index contributed by atoms with van der Waals surface area (Å²) in [4.78, 5) is 16.5. The van der Waals surface area contributed by atoms with Crippen molar-refractivity contribution in [3.05, 3.63) is 51.3 Å². The van der Waals surface area contributed by atoms with Gasteiger partial charge in [-0.2, -0.15) is 0 Å². The molecule has 1 aromatic carbocycles. The largest absolute Gasteiger partial charge is 0.505 e. The zero-order valence-corrected chi connectivity index (χ0v) is 13.1. The van der Waals surface area contributed by atoms with Crippen LogP contribution in [0.4, 0.5) is 5.69 Å². The van der Waals surface area contributed by atoms with Crippen LogP contribution in [0.5, 0.6) is 5.75 Å². The van der Waals surface area contributed by atoms with Gasteiger partial charge in [0.15, 0.2) is 5.75 Å². The summed E-state index contributed by atoms with van der Waals surface area (Å²) in [6, 6.07) is 6.93. The number of carbonyl (C=O) groups excluding carboxylic acids is 1. The maximum Gasteiger partial charge on any atom is 0.255 e. The number of aryl methyl sites for hydroxylation is 3. The van der Waals surface area contributed by atoms with E-state index in [0.717, 1.165) is 17.0 Å². The van der Waals surface area contributed by atoms with E-state index in [1.807, 2.05) is 20.8 Å². The fourth-order valence-electron chi connectivity index (χ4n) is 1.99. The number of nitrogens with zero attached hydrogens (tertiary/aromatic N) is 1. The number of hydrogen-bond acceptors (Lipinski definition) is 3. The average molecular weight is 335 g/mol. The number of phenolic OH excluding ortho intramolecular Hbond substituents is 1. The summed E-state index contributed by atoms with van der Waals surface area (Å²) in [5, 5.41) is 12.7. The molecule has 1 amide bonds. The second-order valence-corrected chi connectivity index (χ2v) is 5.59. The Hall–Kier alpha value is -1.88. The van der Waals surface area contributed by atoms with Crippen molar-refractivity contribution in [3.8, 4) is 5.75 Å². The fourth-order valence-corrected chi connectivity index (χ4v) is 2.56. The molecule has 1 aromatic heterocycles. The Morgan fingerprint density at radius 1 is 1.15 bits per heavy atom. The highest BCUT2D eigenvalue weighted by molar-refractivity contribution is 9.10. The first kappa shape index (κ1) is 14.5. The van der Waals surface area contributed by atoms with Gasteiger partial charge in [-0.05, 0) is 66.5 Å². The summed E-state index contributed by atoms with van der Waals surface area (Å²) in [5.41, 5.74) is 3.41. The highest BCUT2D eigenvalue weighted by Crippen LogP contribution is 2.33. The van der Waals surface area contributed by atoms with Crippen LogP contribution in [0.2, 0.25) is 0 Å². The maximum atomic E-state index is 12.2. The number of carbonyl (C=O) groups is 1. The summed E-state index contributed by atoms with van der Waals surface area (Å²) in [7, 11) is 0. The molecule has 2 N–H and O–H groups in total. The van der Waals surface area contributed by atoms with Crippen molar-refractivity contribution >= 4 is 27.5 Å². The molecule has 0 spiro atoms. The van der Waals surface area contributed by atoms with Gasteiger partial charge in [-0.1, -0.05) is 0 Å². The van der Waals surface area contributed by atoms with E-state index in [0.29, 0.717) is 15.7 Å². The van der Waals surface area contributed by atoms with Crippen molar-refractivity contribution in [2.24, 2.45) is 0 Å². The van der Waals surface area contributed by atoms with E-state index in [2.05, 4.69) is 26.2 Å². The van der Waals surface area contributed by atoms with Gasteiger partial charge in [-0.25, -0.2) is 0 Å². The van der Waals surface area contributed by atoms with Gasteiger partial charge in [-0.3, -0.25) is 9.78 Å². The molecule has 0 aliphatic carbocycles. The molecule has 20 heavy (non-hydrogen) atoms. The van der Waals surface area contributed by atoms with Crippen molar-refractivity contribution in [1.82, 2.24) is 4.98 Å². The summed E-state index contributed by atoms with van der Waals surface area (Å²) in [6.07, 6.45) is 0. The number of aromatic nitrogens is 1. The van der Waals surface area contributed by atoms with Gasteiger partial charge in [0.25, 0.3) is 5.91 Å². The molecular formula is C15H15BrN2O2. The van der Waals surface area contributed by atoms with Crippen LogP contribution in [0, 0.1) is 20.8 Å². The molecule has 0 saturated heterocycles. The monoisotopic (exact) mass is 334 g/mol. The number of hydrogen-bond donors (Lipinski definition) is 2. The number of rotatable bonds is 2. The van der Waals surface area contributed by atoms with E-state index in [1.165, 1.54) is 0 Å². The normalized spacial score (nSPS) is 10.4. The molecule has 0 bridgehead atoms. The number of phenols is 1. The molecule has 0 saturated carbocycles. The first-order valence-corrected chi connectivity index (χ1v) is 6.92. The second kappa shape index (κ2) is 5.63. The number of pyridine rings is 1. The minimum Gasteiger partial charge on any atom is -0.505 e. The molecule has 4 nitrogen and oxygen atoms in total. The van der Waals surface area contributed by atoms with Crippen molar-refractivity contribution < 1.29 is 9.90 Å². The predicted octanol–water partition coefficient (Wildman–Crippen LogP) is 3.73. The molecule has 0 unspecified atom stereocenters. The van der Waals surface area contributed by atoms with Crippen LogP contribution in [0.25, 0.3) is 0 Å². The van der Waals surface area contributed by atoms with Gasteiger partial charge in [-0.15, -0.1) is 0 Å². The highest BCUT2D eigenvalue weighted by atomic mass is 79.9. The molecule has 2 rings (SSSR count). The number of aromatic hydroxyl groups is 1. The van der Waals surface area contributed by atoms with Gasteiger partial charge in [0.05, 0.1) is 10.2 Å². The van der Waals surface area contributed by atoms with Gasteiger partial charge in [0, 0.05) is 17.0 Å². The van der Waals surface area contributed by atoms with Crippen molar-refractivity contribution in [2.75, 3.05) is 5.32 Å². The van der Waals surface area contributed by atoms with Crippen LogP contribution >= 0.6 is 15.9 Å². The minimum absolute atomic E-state index is 0.0199. The van der Waals surface area contributed by atoms with E-state index >= 15 is 0 Å². The molecule has 0 aliphatic heterocycles. The van der Waals surface area contributed by atoms with E-state index in [9.17, 15) is 9.90 Å². The molecule has 0 radical (unpaired) electrons. The van der Waals surface area contributed by atoms with E-state index in [-0.39, 0.29) is 11.7 Å². The first-order valence-electron chi connectivity index (χ1n) is 6.12. The number of benzene rings is 1. The topological polar surface area (TPSA) is 62.2 Å². The lowest BCUT2D eigenvalue weighted by Crippen LogP contribution is -2.13. The van der Waals surface area contributed by atoms with Crippen LogP contribution in [-0.4, -0.2) is 16.0 Å². The van der Waals surface area contributed by atoms with Gasteiger partial charge in [0.1, 0.15) is 0 Å². The molecule has 2 aromatic rings. The number of nitrogens with one attached hydrogen (secondary N) is 1. The Bertz CT molecular complexity index is 664. The third-order valence-electron chi connectivity index (χ3n) is 2.80. The van der Waals surface area contributed by atoms with Crippen LogP contribution in [-0.2, 0) is 0 Å². The number of anilines is 1. The SMILES string of the molecule is Cc1cc(Br)c(O)c(NC(=O)c2cc(C)nc(C)c2)c1. The fraction of sp³-hybridized carbons (Fsp3) is 0.200. The summed E-state index contributed by atoms with van der Waals surface area (Å²) >= 11 is 3.25. The minimum atomic E-state index is -0.272. The van der Waals surface area contributed by atoms with Crippen molar-refractivity contribution in [2.45, 2.75) is 20.8 Å². The number of halogens is 1. The number of amides is 1. The van der Waals surface area contributed by atoms with Crippen LogP contribution in [0.15, 0.2) is 28.7 Å². The van der Waals surface area contributed by atoms with E-state index in [4.69, 9.17) is 0 Å². The molecule has 0 atom stereocenters. The van der Waals surface area contributed by atoms with Gasteiger partial charge in [0.2, 0.25) is 0 Å². The van der Waals surface area contributed by atoms with Crippen LogP contribution in [0.3, 0.4) is 0 Å². The predicted molar refractivity (Wildman–Crippen MR) is 82.2 cm³/mol. The standard InChI is InChI=1S/C15H15BrN2O2/c1-8-4-12(16)14(19)13(5-8)18-15(20)11-6-9(2)17-10(3)7-11/h4-7,19H,1-3H3,(H,18,20). The van der Waals surface area contributed by atoms with Crippen LogP contribution in [0.1, 0.15) is 27.3 Å². The zero-order chi connectivity index (χ0) is 14.9. The highest BCUT2D eigenvalue weighted by Gasteiger charge is 2.12. The molecule has 1 heterocycles. The summed E-state index contributed by atoms with van der Waals surface area (Å²) in [5.74, 6) is -0.252. The Kier molecular flexibility index (Phi) is 4.09. The van der Waals surface area contributed by atoms with E-state index < -0.39 is 0 Å². The maximum absolute atomic E-state index is 12.2. The third-order valence-corrected chi connectivity index (χ3v) is 3.40. The quantitative estimate of drug-likeness (QED) is 0.822. The van der Waals surface area contributed by atoms with Gasteiger partial charge < -0.3 is 10.4 Å². The summed E-state index contributed by atoms with van der Waals surface area (Å²) in [6.45, 7) is 5.57. The van der Waals surface area contributed by atoms with Crippen molar-refractivity contribution in [1.29, 1.82) is 0 Å². The Labute approximate surface area is 126 Å². The zero-order valence-electron chi connectivity index (χ0n) is 11.5.